The third-order valence-electron chi connectivity index (χ3n) is 3.98. The van der Waals surface area contributed by atoms with Crippen LogP contribution in [-0.4, -0.2) is 41.7 Å². The highest BCUT2D eigenvalue weighted by atomic mass is 16.5. The van der Waals surface area contributed by atoms with Gasteiger partial charge in [-0.25, -0.2) is 4.79 Å². The molecule has 1 N–H and O–H groups in total. The van der Waals surface area contributed by atoms with Gasteiger partial charge >= 0.3 is 5.97 Å². The molecule has 2 heterocycles. The molecule has 0 aliphatic carbocycles. The molecule has 0 aromatic heterocycles. The quantitative estimate of drug-likeness (QED) is 0.506. The lowest BCUT2D eigenvalue weighted by Gasteiger charge is -2.18. The number of nitrogens with one attached hydrogen (secondary N) is 1. The number of hydrogen-bond acceptors (Lipinski definition) is 6. The van der Waals surface area contributed by atoms with E-state index in [1.807, 2.05) is 0 Å². The minimum atomic E-state index is -0.775. The van der Waals surface area contributed by atoms with E-state index in [0.29, 0.717) is 11.4 Å². The average molecular weight is 352 g/mol. The number of carbonyl (C=O) groups is 4. The summed E-state index contributed by atoms with van der Waals surface area (Å²) in [5.41, 5.74) is 0.908. The molecule has 0 saturated heterocycles. The number of ether oxygens (including phenoxy) is 2. The van der Waals surface area contributed by atoms with Crippen molar-refractivity contribution < 1.29 is 28.7 Å². The Morgan fingerprint density at radius 1 is 1.08 bits per heavy atom. The van der Waals surface area contributed by atoms with Gasteiger partial charge in [-0.05, 0) is 24.3 Å². The average Bonchev–Trinajstić information content (AvgIpc) is 2.87. The molecule has 0 radical (unpaired) electrons. The fourth-order valence-corrected chi connectivity index (χ4v) is 2.80. The Balaban J connectivity index is 1.47. The first-order valence-electron chi connectivity index (χ1n) is 7.75. The number of amides is 3. The van der Waals surface area contributed by atoms with Crippen LogP contribution in [0.4, 0.5) is 5.69 Å². The van der Waals surface area contributed by atoms with Crippen LogP contribution in [0, 0.1) is 0 Å². The van der Waals surface area contributed by atoms with Gasteiger partial charge in [0, 0.05) is 6.07 Å². The highest BCUT2D eigenvalue weighted by Gasteiger charge is 2.36. The summed E-state index contributed by atoms with van der Waals surface area (Å²) < 4.78 is 10.4. The molecule has 3 amide bonds. The summed E-state index contributed by atoms with van der Waals surface area (Å²) in [7, 11) is 0. The minimum absolute atomic E-state index is 0.0775. The van der Waals surface area contributed by atoms with E-state index >= 15 is 0 Å². The van der Waals surface area contributed by atoms with Gasteiger partial charge in [0.15, 0.2) is 6.61 Å². The van der Waals surface area contributed by atoms with Crippen LogP contribution in [0.25, 0.3) is 0 Å². The van der Waals surface area contributed by atoms with E-state index in [1.165, 1.54) is 24.3 Å². The first-order chi connectivity index (χ1) is 12.5. The standard InChI is InChI=1S/C18H12N2O6/c21-15-9-25-14-6-5-10(7-13(14)19-15)26-16(22)8-20-17(23)11-3-1-2-4-12(11)18(20)24/h1-7H,8-9H2,(H,19,21). The minimum Gasteiger partial charge on any atom is -0.482 e. The predicted octanol–water partition coefficient (Wildman–Crippen LogP) is 1.22. The first kappa shape index (κ1) is 15.8. The molecule has 0 unspecified atom stereocenters. The van der Waals surface area contributed by atoms with E-state index in [0.717, 1.165) is 4.90 Å². The Bertz CT molecular complexity index is 933. The van der Waals surface area contributed by atoms with Crippen LogP contribution < -0.4 is 14.8 Å². The lowest BCUT2D eigenvalue weighted by molar-refractivity contribution is -0.134. The first-order valence-corrected chi connectivity index (χ1v) is 7.75. The second kappa shape index (κ2) is 5.99. The molecule has 2 aliphatic rings. The molecule has 2 aromatic rings. The molecule has 0 saturated carbocycles. The van der Waals surface area contributed by atoms with Crippen molar-refractivity contribution in [2.45, 2.75) is 0 Å². The highest BCUT2D eigenvalue weighted by molar-refractivity contribution is 6.22. The zero-order valence-electron chi connectivity index (χ0n) is 13.4. The van der Waals surface area contributed by atoms with Crippen LogP contribution in [-0.2, 0) is 9.59 Å². The summed E-state index contributed by atoms with van der Waals surface area (Å²) in [6.07, 6.45) is 0. The Kier molecular flexibility index (Phi) is 3.65. The Morgan fingerprint density at radius 2 is 1.77 bits per heavy atom. The summed E-state index contributed by atoms with van der Waals surface area (Å²) in [6, 6.07) is 10.9. The predicted molar refractivity (Wildman–Crippen MR) is 88.0 cm³/mol. The van der Waals surface area contributed by atoms with Crippen LogP contribution in [0.1, 0.15) is 20.7 Å². The van der Waals surface area contributed by atoms with Gasteiger partial charge in [-0.1, -0.05) is 12.1 Å². The maximum absolute atomic E-state index is 12.3. The Hall–Kier alpha value is -3.68. The number of imide groups is 1. The maximum Gasteiger partial charge on any atom is 0.331 e. The van der Waals surface area contributed by atoms with Gasteiger partial charge in [-0.2, -0.15) is 0 Å². The topological polar surface area (TPSA) is 102 Å². The summed E-state index contributed by atoms with van der Waals surface area (Å²) in [5.74, 6) is -1.53. The molecule has 2 aromatic carbocycles. The molecule has 0 spiro atoms. The third kappa shape index (κ3) is 2.67. The van der Waals surface area contributed by atoms with E-state index in [2.05, 4.69) is 5.32 Å². The molecule has 2 aliphatic heterocycles. The van der Waals surface area contributed by atoms with Crippen molar-refractivity contribution >= 4 is 29.4 Å². The molecule has 0 bridgehead atoms. The van der Waals surface area contributed by atoms with Crippen molar-refractivity contribution in [2.24, 2.45) is 0 Å². The zero-order chi connectivity index (χ0) is 18.3. The Labute approximate surface area is 147 Å². The van der Waals surface area contributed by atoms with Gasteiger partial charge in [-0.3, -0.25) is 19.3 Å². The number of anilines is 1. The van der Waals surface area contributed by atoms with Crippen LogP contribution in [0.2, 0.25) is 0 Å². The summed E-state index contributed by atoms with van der Waals surface area (Å²) in [5, 5.41) is 2.60. The van der Waals surface area contributed by atoms with Crippen molar-refractivity contribution in [3.05, 3.63) is 53.6 Å². The lowest BCUT2D eigenvalue weighted by Crippen LogP contribution is -2.36. The van der Waals surface area contributed by atoms with E-state index in [9.17, 15) is 19.2 Å². The van der Waals surface area contributed by atoms with Crippen molar-refractivity contribution in [1.82, 2.24) is 4.90 Å². The highest BCUT2D eigenvalue weighted by Crippen LogP contribution is 2.31. The van der Waals surface area contributed by atoms with Crippen LogP contribution >= 0.6 is 0 Å². The van der Waals surface area contributed by atoms with Crippen LogP contribution in [0.15, 0.2) is 42.5 Å². The van der Waals surface area contributed by atoms with Crippen molar-refractivity contribution in [1.29, 1.82) is 0 Å². The van der Waals surface area contributed by atoms with E-state index < -0.39 is 24.3 Å². The summed E-state index contributed by atoms with van der Waals surface area (Å²) in [4.78, 5) is 48.9. The van der Waals surface area contributed by atoms with Gasteiger partial charge in [-0.15, -0.1) is 0 Å². The van der Waals surface area contributed by atoms with Gasteiger partial charge < -0.3 is 14.8 Å². The molecule has 8 heteroatoms. The van der Waals surface area contributed by atoms with Crippen molar-refractivity contribution in [2.75, 3.05) is 18.5 Å². The van der Waals surface area contributed by atoms with E-state index in [4.69, 9.17) is 9.47 Å². The fraction of sp³-hybridized carbons (Fsp3) is 0.111. The molecule has 130 valence electrons. The fourth-order valence-electron chi connectivity index (χ4n) is 2.80. The van der Waals surface area contributed by atoms with Gasteiger partial charge in [0.1, 0.15) is 18.0 Å². The molecule has 8 nitrogen and oxygen atoms in total. The number of rotatable bonds is 3. The molecule has 26 heavy (non-hydrogen) atoms. The van der Waals surface area contributed by atoms with Gasteiger partial charge in [0.05, 0.1) is 16.8 Å². The number of fused-ring (bicyclic) bond motifs is 2. The largest absolute Gasteiger partial charge is 0.482 e. The number of esters is 1. The second-order valence-electron chi connectivity index (χ2n) is 5.71. The monoisotopic (exact) mass is 352 g/mol. The summed E-state index contributed by atoms with van der Waals surface area (Å²) >= 11 is 0. The van der Waals surface area contributed by atoms with Crippen molar-refractivity contribution in [3.8, 4) is 11.5 Å². The smallest absolute Gasteiger partial charge is 0.331 e. The van der Waals surface area contributed by atoms with E-state index in [1.54, 1.807) is 18.2 Å². The number of carbonyl (C=O) groups excluding carboxylic acids is 4. The normalized spacial score (nSPS) is 15.1. The van der Waals surface area contributed by atoms with Crippen molar-refractivity contribution in [3.63, 3.8) is 0 Å². The molecule has 0 atom stereocenters. The SMILES string of the molecule is O=C1COc2ccc(OC(=O)CN3C(=O)c4ccccc4C3=O)cc2N1. The Morgan fingerprint density at radius 3 is 2.46 bits per heavy atom. The number of hydrogen-bond donors (Lipinski definition) is 1. The van der Waals surface area contributed by atoms with Crippen LogP contribution in [0.5, 0.6) is 11.5 Å². The summed E-state index contributed by atoms with van der Waals surface area (Å²) in [6.45, 7) is -0.585. The molecule has 4 rings (SSSR count). The lowest BCUT2D eigenvalue weighted by atomic mass is 10.1. The van der Waals surface area contributed by atoms with Gasteiger partial charge in [0.25, 0.3) is 17.7 Å². The molecular weight excluding hydrogens is 340 g/mol. The van der Waals surface area contributed by atoms with E-state index in [-0.39, 0.29) is 29.4 Å². The maximum atomic E-state index is 12.3. The second-order valence-corrected chi connectivity index (χ2v) is 5.71. The van der Waals surface area contributed by atoms with Gasteiger partial charge in [0.2, 0.25) is 0 Å². The zero-order valence-corrected chi connectivity index (χ0v) is 13.4. The van der Waals surface area contributed by atoms with Crippen LogP contribution in [0.3, 0.4) is 0 Å². The molecular formula is C18H12N2O6. The molecule has 0 fully saturated rings. The number of nitrogens with zero attached hydrogens (tertiary/aromatic N) is 1. The third-order valence-corrected chi connectivity index (χ3v) is 3.98. The number of benzene rings is 2.